The molecule has 0 unspecified atom stereocenters. The zero-order chi connectivity index (χ0) is 18.6. The van der Waals surface area contributed by atoms with Gasteiger partial charge >= 0.3 is 12.1 Å². The normalized spacial score (nSPS) is 18.4. The minimum Gasteiger partial charge on any atom is -0.478 e. The third-order valence-electron chi connectivity index (χ3n) is 3.78. The molecule has 1 amide bonds. The Balaban J connectivity index is 2.13. The smallest absolute Gasteiger partial charge is 0.410 e. The number of aromatic carboxylic acids is 1. The van der Waals surface area contributed by atoms with Crippen LogP contribution in [0, 0.1) is 0 Å². The first kappa shape index (κ1) is 19.3. The van der Waals surface area contributed by atoms with Crippen molar-refractivity contribution in [3.05, 3.63) is 23.0 Å². The van der Waals surface area contributed by atoms with Crippen LogP contribution in [0.2, 0.25) is 5.15 Å². The molecule has 8 heteroatoms. The third-order valence-corrected chi connectivity index (χ3v) is 3.99. The van der Waals surface area contributed by atoms with Crippen LogP contribution in [0.1, 0.15) is 50.4 Å². The molecule has 1 atom stereocenters. The molecule has 0 radical (unpaired) electrons. The Labute approximate surface area is 152 Å². The van der Waals surface area contributed by atoms with Gasteiger partial charge in [-0.25, -0.2) is 14.6 Å². The van der Waals surface area contributed by atoms with Gasteiger partial charge in [0.2, 0.25) is 0 Å². The highest BCUT2D eigenvalue weighted by Crippen LogP contribution is 2.23. The molecular formula is C17H24ClN3O4. The minimum atomic E-state index is -1.08. The van der Waals surface area contributed by atoms with Crippen molar-refractivity contribution in [1.82, 2.24) is 9.88 Å². The Morgan fingerprint density at radius 2 is 2.12 bits per heavy atom. The van der Waals surface area contributed by atoms with Gasteiger partial charge in [0.05, 0.1) is 5.69 Å². The molecule has 2 heterocycles. The summed E-state index contributed by atoms with van der Waals surface area (Å²) in [4.78, 5) is 29.2. The highest BCUT2D eigenvalue weighted by molar-refractivity contribution is 6.29. The number of carboxylic acid groups (broad SMARTS) is 1. The topological polar surface area (TPSA) is 91.8 Å². The predicted molar refractivity (Wildman–Crippen MR) is 95.3 cm³/mol. The van der Waals surface area contributed by atoms with E-state index in [1.54, 1.807) is 4.90 Å². The number of amides is 1. The number of hydrogen-bond donors (Lipinski definition) is 2. The maximum Gasteiger partial charge on any atom is 0.410 e. The first-order valence-corrected chi connectivity index (χ1v) is 8.67. The van der Waals surface area contributed by atoms with Crippen LogP contribution in [0.25, 0.3) is 0 Å². The Morgan fingerprint density at radius 3 is 2.76 bits per heavy atom. The third kappa shape index (κ3) is 5.77. The van der Waals surface area contributed by atoms with E-state index in [1.165, 1.54) is 12.3 Å². The summed E-state index contributed by atoms with van der Waals surface area (Å²) in [5.41, 5.74) is -0.0949. The van der Waals surface area contributed by atoms with E-state index in [1.807, 2.05) is 20.8 Å². The molecule has 1 fully saturated rings. The Hall–Kier alpha value is -2.02. The quantitative estimate of drug-likeness (QED) is 0.790. The summed E-state index contributed by atoms with van der Waals surface area (Å²) in [5, 5.41) is 12.7. The molecule has 0 saturated carbocycles. The Kier molecular flexibility index (Phi) is 6.11. The van der Waals surface area contributed by atoms with E-state index in [2.05, 4.69) is 10.3 Å². The fourth-order valence-corrected chi connectivity index (χ4v) is 2.85. The lowest BCUT2D eigenvalue weighted by molar-refractivity contribution is 0.0252. The summed E-state index contributed by atoms with van der Waals surface area (Å²) >= 11 is 5.89. The molecule has 1 aromatic heterocycles. The van der Waals surface area contributed by atoms with E-state index in [9.17, 15) is 14.7 Å². The average Bonchev–Trinajstić information content (AvgIpc) is 2.71. The molecule has 1 aliphatic heterocycles. The number of carboxylic acids is 1. The molecule has 0 bridgehead atoms. The highest BCUT2D eigenvalue weighted by atomic mass is 35.5. The van der Waals surface area contributed by atoms with Gasteiger partial charge in [0.25, 0.3) is 0 Å². The molecule has 7 nitrogen and oxygen atoms in total. The molecule has 1 saturated heterocycles. The largest absolute Gasteiger partial charge is 0.478 e. The van der Waals surface area contributed by atoms with E-state index in [0.29, 0.717) is 18.8 Å². The van der Waals surface area contributed by atoms with Gasteiger partial charge in [-0.1, -0.05) is 11.6 Å². The summed E-state index contributed by atoms with van der Waals surface area (Å²) in [6, 6.07) is 1.40. The molecule has 1 aromatic rings. The van der Waals surface area contributed by atoms with Crippen molar-refractivity contribution in [1.29, 1.82) is 0 Å². The minimum absolute atomic E-state index is 0.0532. The second-order valence-electron chi connectivity index (χ2n) is 7.12. The lowest BCUT2D eigenvalue weighted by Crippen LogP contribution is -2.42. The van der Waals surface area contributed by atoms with Crippen LogP contribution in [0.5, 0.6) is 0 Å². The fraction of sp³-hybridized carbons (Fsp3) is 0.588. The second kappa shape index (κ2) is 7.91. The van der Waals surface area contributed by atoms with Crippen LogP contribution in [-0.4, -0.2) is 51.8 Å². The van der Waals surface area contributed by atoms with Crippen LogP contribution in [0.4, 0.5) is 10.5 Å². The van der Waals surface area contributed by atoms with Gasteiger partial charge in [-0.2, -0.15) is 0 Å². The van der Waals surface area contributed by atoms with Gasteiger partial charge in [-0.05, 0) is 46.1 Å². The number of ether oxygens (including phenoxy) is 1. The van der Waals surface area contributed by atoms with Crippen molar-refractivity contribution in [3.8, 4) is 0 Å². The van der Waals surface area contributed by atoms with Crippen molar-refractivity contribution in [2.75, 3.05) is 18.4 Å². The molecule has 2 N–H and O–H groups in total. The Bertz CT molecular complexity index is 645. The summed E-state index contributed by atoms with van der Waals surface area (Å²) in [6.07, 6.45) is 3.50. The van der Waals surface area contributed by atoms with E-state index >= 15 is 0 Å². The van der Waals surface area contributed by atoms with Gasteiger partial charge in [0.1, 0.15) is 16.3 Å². The van der Waals surface area contributed by atoms with Crippen LogP contribution in [0.15, 0.2) is 12.3 Å². The summed E-state index contributed by atoms with van der Waals surface area (Å²) < 4.78 is 5.45. The molecule has 0 aliphatic carbocycles. The molecule has 2 rings (SSSR count). The van der Waals surface area contributed by atoms with Gasteiger partial charge in [-0.3, -0.25) is 0 Å². The van der Waals surface area contributed by atoms with Crippen molar-refractivity contribution >= 4 is 29.4 Å². The number of halogens is 1. The number of likely N-dealkylation sites (tertiary alicyclic amines) is 1. The number of hydrogen-bond acceptors (Lipinski definition) is 5. The van der Waals surface area contributed by atoms with Gasteiger partial charge in [-0.15, -0.1) is 0 Å². The molecule has 1 aliphatic rings. The number of nitrogens with zero attached hydrogens (tertiary/aromatic N) is 2. The first-order chi connectivity index (χ1) is 11.7. The van der Waals surface area contributed by atoms with E-state index in [-0.39, 0.29) is 22.9 Å². The molecule has 0 aromatic carbocycles. The summed E-state index contributed by atoms with van der Waals surface area (Å²) in [6.45, 7) is 6.55. The zero-order valence-electron chi connectivity index (χ0n) is 14.7. The number of rotatable bonds is 3. The van der Waals surface area contributed by atoms with Gasteiger partial charge in [0, 0.05) is 25.3 Å². The van der Waals surface area contributed by atoms with Gasteiger partial charge < -0.3 is 20.1 Å². The van der Waals surface area contributed by atoms with E-state index in [0.717, 1.165) is 19.3 Å². The number of anilines is 1. The molecule has 25 heavy (non-hydrogen) atoms. The zero-order valence-corrected chi connectivity index (χ0v) is 15.5. The number of carbonyl (C=O) groups excluding carboxylic acids is 1. The summed E-state index contributed by atoms with van der Waals surface area (Å²) in [7, 11) is 0. The maximum absolute atomic E-state index is 12.3. The lowest BCUT2D eigenvalue weighted by Gasteiger charge is -2.29. The SMILES string of the molecule is CC(C)(C)OC(=O)N1CCCC[C@H](Nc2cc(Cl)ncc2C(=O)O)C1. The van der Waals surface area contributed by atoms with Crippen molar-refractivity contribution in [2.45, 2.75) is 51.7 Å². The number of nitrogens with one attached hydrogen (secondary N) is 1. The Morgan fingerprint density at radius 1 is 1.40 bits per heavy atom. The standard InChI is InChI=1S/C17H24ClN3O4/c1-17(2,3)25-16(24)21-7-5-4-6-11(10-21)20-13-8-14(18)19-9-12(13)15(22)23/h8-9,11H,4-7,10H2,1-3H3,(H,19,20)(H,22,23)/t11-/m0/s1. The van der Waals surface area contributed by atoms with E-state index < -0.39 is 11.6 Å². The van der Waals surface area contributed by atoms with Crippen molar-refractivity contribution in [3.63, 3.8) is 0 Å². The van der Waals surface area contributed by atoms with Crippen molar-refractivity contribution in [2.24, 2.45) is 0 Å². The number of pyridine rings is 1. The van der Waals surface area contributed by atoms with E-state index in [4.69, 9.17) is 16.3 Å². The molecular weight excluding hydrogens is 346 g/mol. The van der Waals surface area contributed by atoms with Crippen LogP contribution >= 0.6 is 11.6 Å². The monoisotopic (exact) mass is 369 g/mol. The van der Waals surface area contributed by atoms with Gasteiger partial charge in [0.15, 0.2) is 0 Å². The number of aromatic nitrogens is 1. The lowest BCUT2D eigenvalue weighted by atomic mass is 10.1. The summed E-state index contributed by atoms with van der Waals surface area (Å²) in [5.74, 6) is -1.08. The second-order valence-corrected chi connectivity index (χ2v) is 7.51. The molecule has 0 spiro atoms. The average molecular weight is 370 g/mol. The van der Waals surface area contributed by atoms with Crippen LogP contribution in [0.3, 0.4) is 0 Å². The first-order valence-electron chi connectivity index (χ1n) is 8.29. The van der Waals surface area contributed by atoms with Crippen LogP contribution in [-0.2, 0) is 4.74 Å². The highest BCUT2D eigenvalue weighted by Gasteiger charge is 2.27. The predicted octanol–water partition coefficient (Wildman–Crippen LogP) is 3.63. The fourth-order valence-electron chi connectivity index (χ4n) is 2.69. The molecule has 138 valence electrons. The van der Waals surface area contributed by atoms with Crippen molar-refractivity contribution < 1.29 is 19.4 Å². The number of carbonyl (C=O) groups is 2. The van der Waals surface area contributed by atoms with Crippen LogP contribution < -0.4 is 5.32 Å². The maximum atomic E-state index is 12.3.